The maximum Gasteiger partial charge on any atom is 0.0870 e. The van der Waals surface area contributed by atoms with Crippen molar-refractivity contribution in [3.8, 4) is 0 Å². The van der Waals surface area contributed by atoms with Crippen LogP contribution >= 0.6 is 0 Å². The SMILES string of the molecule is CCC(C)(Nc1cccnc1)N(C)C. The van der Waals surface area contributed by atoms with Gasteiger partial charge in [0.05, 0.1) is 11.4 Å². The third kappa shape index (κ3) is 2.45. The van der Waals surface area contributed by atoms with Gasteiger partial charge in [-0.1, -0.05) is 6.92 Å². The number of nitrogens with one attached hydrogen (secondary N) is 1. The Hall–Kier alpha value is -1.09. The summed E-state index contributed by atoms with van der Waals surface area (Å²) in [6.45, 7) is 4.35. The zero-order chi connectivity index (χ0) is 10.6. The highest BCUT2D eigenvalue weighted by atomic mass is 15.3. The van der Waals surface area contributed by atoms with E-state index in [2.05, 4.69) is 43.1 Å². The Morgan fingerprint density at radius 3 is 2.64 bits per heavy atom. The number of hydrogen-bond acceptors (Lipinski definition) is 3. The third-order valence-corrected chi connectivity index (χ3v) is 2.75. The molecule has 1 atom stereocenters. The van der Waals surface area contributed by atoms with Crippen LogP contribution in [0.1, 0.15) is 20.3 Å². The molecule has 1 N–H and O–H groups in total. The Labute approximate surface area is 86.2 Å². The van der Waals surface area contributed by atoms with Gasteiger partial charge in [0, 0.05) is 12.4 Å². The molecule has 0 saturated carbocycles. The van der Waals surface area contributed by atoms with Gasteiger partial charge in [-0.3, -0.25) is 9.88 Å². The van der Waals surface area contributed by atoms with Crippen LogP contribution in [0.25, 0.3) is 0 Å². The van der Waals surface area contributed by atoms with Crippen LogP contribution in [-0.2, 0) is 0 Å². The minimum atomic E-state index is -0.0109. The summed E-state index contributed by atoms with van der Waals surface area (Å²) in [7, 11) is 4.15. The van der Waals surface area contributed by atoms with Crippen LogP contribution in [0.4, 0.5) is 5.69 Å². The van der Waals surface area contributed by atoms with E-state index in [1.165, 1.54) is 0 Å². The molecular formula is C11H19N3. The van der Waals surface area contributed by atoms with Gasteiger partial charge < -0.3 is 5.32 Å². The molecule has 1 rings (SSSR count). The summed E-state index contributed by atoms with van der Waals surface area (Å²) in [5.74, 6) is 0. The molecule has 0 bridgehead atoms. The third-order valence-electron chi connectivity index (χ3n) is 2.75. The van der Waals surface area contributed by atoms with Gasteiger partial charge >= 0.3 is 0 Å². The van der Waals surface area contributed by atoms with E-state index in [1.807, 2.05) is 18.3 Å². The maximum absolute atomic E-state index is 4.08. The minimum Gasteiger partial charge on any atom is -0.366 e. The van der Waals surface area contributed by atoms with Crippen molar-refractivity contribution in [2.24, 2.45) is 0 Å². The van der Waals surface area contributed by atoms with Crippen molar-refractivity contribution in [1.29, 1.82) is 0 Å². The number of rotatable bonds is 4. The largest absolute Gasteiger partial charge is 0.366 e. The van der Waals surface area contributed by atoms with E-state index in [9.17, 15) is 0 Å². The molecule has 0 saturated heterocycles. The molecule has 1 aromatic heterocycles. The Kier molecular flexibility index (Phi) is 3.47. The van der Waals surface area contributed by atoms with E-state index in [0.717, 1.165) is 12.1 Å². The van der Waals surface area contributed by atoms with Crippen molar-refractivity contribution in [2.45, 2.75) is 25.9 Å². The highest BCUT2D eigenvalue weighted by Gasteiger charge is 2.23. The molecule has 1 aromatic rings. The molecule has 1 heterocycles. The first-order valence-corrected chi connectivity index (χ1v) is 4.94. The summed E-state index contributed by atoms with van der Waals surface area (Å²) in [5.41, 5.74) is 1.05. The number of anilines is 1. The molecule has 1 unspecified atom stereocenters. The first-order valence-electron chi connectivity index (χ1n) is 4.94. The fourth-order valence-electron chi connectivity index (χ4n) is 1.26. The second kappa shape index (κ2) is 4.42. The van der Waals surface area contributed by atoms with Gasteiger partial charge in [-0.2, -0.15) is 0 Å². The standard InChI is InChI=1S/C11H19N3/c1-5-11(2,14(3)4)13-10-7-6-8-12-9-10/h6-9,13H,5H2,1-4H3. The van der Waals surface area contributed by atoms with Crippen LogP contribution in [-0.4, -0.2) is 29.6 Å². The predicted molar refractivity (Wildman–Crippen MR) is 60.2 cm³/mol. The van der Waals surface area contributed by atoms with Gasteiger partial charge in [0.15, 0.2) is 0 Å². The zero-order valence-corrected chi connectivity index (χ0v) is 9.41. The van der Waals surface area contributed by atoms with E-state index >= 15 is 0 Å². The average molecular weight is 193 g/mol. The van der Waals surface area contributed by atoms with Gasteiger partial charge in [0.25, 0.3) is 0 Å². The molecule has 0 spiro atoms. The van der Waals surface area contributed by atoms with Crippen LogP contribution in [0.2, 0.25) is 0 Å². The number of nitrogens with zero attached hydrogens (tertiary/aromatic N) is 2. The molecule has 0 aliphatic rings. The number of hydrogen-bond donors (Lipinski definition) is 1. The van der Waals surface area contributed by atoms with Crippen LogP contribution < -0.4 is 5.32 Å². The lowest BCUT2D eigenvalue weighted by molar-refractivity contribution is 0.199. The van der Waals surface area contributed by atoms with Gasteiger partial charge in [0.1, 0.15) is 0 Å². The lowest BCUT2D eigenvalue weighted by Crippen LogP contribution is -2.47. The molecule has 0 aliphatic carbocycles. The highest BCUT2D eigenvalue weighted by molar-refractivity contribution is 5.42. The molecule has 0 aromatic carbocycles. The highest BCUT2D eigenvalue weighted by Crippen LogP contribution is 2.19. The molecule has 14 heavy (non-hydrogen) atoms. The van der Waals surface area contributed by atoms with Crippen molar-refractivity contribution in [2.75, 3.05) is 19.4 Å². The van der Waals surface area contributed by atoms with Crippen LogP contribution in [0.15, 0.2) is 24.5 Å². The van der Waals surface area contributed by atoms with Gasteiger partial charge in [-0.15, -0.1) is 0 Å². The van der Waals surface area contributed by atoms with E-state index in [1.54, 1.807) is 6.20 Å². The summed E-state index contributed by atoms with van der Waals surface area (Å²) in [5, 5.41) is 3.47. The summed E-state index contributed by atoms with van der Waals surface area (Å²) >= 11 is 0. The van der Waals surface area contributed by atoms with Crippen molar-refractivity contribution < 1.29 is 0 Å². The minimum absolute atomic E-state index is 0.0109. The lowest BCUT2D eigenvalue weighted by Gasteiger charge is -2.37. The Morgan fingerprint density at radius 2 is 2.21 bits per heavy atom. The van der Waals surface area contributed by atoms with Gasteiger partial charge in [-0.05, 0) is 39.6 Å². The quantitative estimate of drug-likeness (QED) is 0.743. The van der Waals surface area contributed by atoms with Crippen molar-refractivity contribution in [3.05, 3.63) is 24.5 Å². The predicted octanol–water partition coefficient (Wildman–Crippen LogP) is 2.18. The summed E-state index contributed by atoms with van der Waals surface area (Å²) in [4.78, 5) is 6.26. The molecular weight excluding hydrogens is 174 g/mol. The topological polar surface area (TPSA) is 28.2 Å². The number of pyridine rings is 1. The van der Waals surface area contributed by atoms with Gasteiger partial charge in [0.2, 0.25) is 0 Å². The van der Waals surface area contributed by atoms with Crippen molar-refractivity contribution in [3.63, 3.8) is 0 Å². The fourth-order valence-corrected chi connectivity index (χ4v) is 1.26. The van der Waals surface area contributed by atoms with Crippen LogP contribution in [0, 0.1) is 0 Å². The molecule has 0 radical (unpaired) electrons. The smallest absolute Gasteiger partial charge is 0.0870 e. The normalized spacial score (nSPS) is 15.2. The van der Waals surface area contributed by atoms with E-state index in [0.29, 0.717) is 0 Å². The molecule has 0 aliphatic heterocycles. The Morgan fingerprint density at radius 1 is 1.50 bits per heavy atom. The summed E-state index contributed by atoms with van der Waals surface area (Å²) in [6, 6.07) is 3.97. The summed E-state index contributed by atoms with van der Waals surface area (Å²) < 4.78 is 0. The molecule has 3 heteroatoms. The first kappa shape index (κ1) is 11.0. The zero-order valence-electron chi connectivity index (χ0n) is 9.41. The molecule has 3 nitrogen and oxygen atoms in total. The Bertz CT molecular complexity index is 271. The molecule has 78 valence electrons. The van der Waals surface area contributed by atoms with E-state index < -0.39 is 0 Å². The second-order valence-electron chi connectivity index (χ2n) is 3.89. The van der Waals surface area contributed by atoms with E-state index in [-0.39, 0.29) is 5.66 Å². The lowest BCUT2D eigenvalue weighted by atomic mass is 10.1. The van der Waals surface area contributed by atoms with Crippen molar-refractivity contribution >= 4 is 5.69 Å². The average Bonchev–Trinajstić information content (AvgIpc) is 2.19. The fraction of sp³-hybridized carbons (Fsp3) is 0.545. The number of aromatic nitrogens is 1. The monoisotopic (exact) mass is 193 g/mol. The first-order chi connectivity index (χ1) is 6.58. The molecule has 0 amide bonds. The van der Waals surface area contributed by atoms with Crippen LogP contribution in [0.3, 0.4) is 0 Å². The van der Waals surface area contributed by atoms with E-state index in [4.69, 9.17) is 0 Å². The van der Waals surface area contributed by atoms with Crippen molar-refractivity contribution in [1.82, 2.24) is 9.88 Å². The van der Waals surface area contributed by atoms with Crippen LogP contribution in [0.5, 0.6) is 0 Å². The molecule has 0 fully saturated rings. The second-order valence-corrected chi connectivity index (χ2v) is 3.89. The maximum atomic E-state index is 4.08. The summed E-state index contributed by atoms with van der Waals surface area (Å²) in [6.07, 6.45) is 4.66. The van der Waals surface area contributed by atoms with Gasteiger partial charge in [-0.25, -0.2) is 0 Å². The Balaban J connectivity index is 2.76.